The van der Waals surface area contributed by atoms with Crippen molar-refractivity contribution in [2.45, 2.75) is 38.8 Å². The molecule has 0 aliphatic carbocycles. The first kappa shape index (κ1) is 15.2. The molecule has 0 aromatic rings. The maximum absolute atomic E-state index is 11.0. The number of hydrogen-bond acceptors (Lipinski definition) is 3. The molecule has 1 saturated heterocycles. The summed E-state index contributed by atoms with van der Waals surface area (Å²) in [6.07, 6.45) is 2.00. The van der Waals surface area contributed by atoms with Crippen LogP contribution in [0.1, 0.15) is 26.7 Å². The number of primary amides is 1. The number of urea groups is 1. The number of rotatable bonds is 5. The van der Waals surface area contributed by atoms with Gasteiger partial charge < -0.3 is 20.9 Å². The minimum absolute atomic E-state index is 0.290. The number of carbonyl (C=O) groups is 1. The molecule has 3 N–H and O–H groups in total. The molecule has 5 nitrogen and oxygen atoms in total. The Morgan fingerprint density at radius 1 is 1.39 bits per heavy atom. The first-order valence-electron chi connectivity index (χ1n) is 6.86. The summed E-state index contributed by atoms with van der Waals surface area (Å²) in [4.78, 5) is 15.0. The lowest BCUT2D eigenvalue weighted by Crippen LogP contribution is -2.50. The van der Waals surface area contributed by atoms with Gasteiger partial charge in [-0.2, -0.15) is 0 Å². The fourth-order valence-electron chi connectivity index (χ4n) is 2.61. The van der Waals surface area contributed by atoms with Crippen LogP contribution in [0.2, 0.25) is 0 Å². The Morgan fingerprint density at radius 2 is 1.94 bits per heavy atom. The largest absolute Gasteiger partial charge is 0.351 e. The number of nitrogens with one attached hydrogen (secondary N) is 1. The number of nitrogens with zero attached hydrogens (tertiary/aromatic N) is 2. The van der Waals surface area contributed by atoms with E-state index in [9.17, 15) is 4.79 Å². The Morgan fingerprint density at radius 3 is 2.33 bits per heavy atom. The van der Waals surface area contributed by atoms with Gasteiger partial charge >= 0.3 is 6.03 Å². The molecule has 2 amide bonds. The van der Waals surface area contributed by atoms with Crippen molar-refractivity contribution >= 4 is 6.03 Å². The molecule has 0 radical (unpaired) electrons. The van der Waals surface area contributed by atoms with Gasteiger partial charge in [0.25, 0.3) is 0 Å². The Kier molecular flexibility index (Phi) is 5.88. The van der Waals surface area contributed by atoms with Crippen LogP contribution < -0.4 is 11.1 Å². The van der Waals surface area contributed by atoms with Gasteiger partial charge in [-0.25, -0.2) is 4.79 Å². The lowest BCUT2D eigenvalue weighted by atomic mass is 10.0. The number of nitrogens with two attached hydrogens (primary N) is 1. The van der Waals surface area contributed by atoms with Crippen LogP contribution in [0.15, 0.2) is 0 Å². The van der Waals surface area contributed by atoms with Crippen molar-refractivity contribution in [2.75, 3.05) is 33.7 Å². The molecule has 0 aromatic carbocycles. The highest BCUT2D eigenvalue weighted by atomic mass is 16.2. The van der Waals surface area contributed by atoms with E-state index in [-0.39, 0.29) is 6.03 Å². The number of likely N-dealkylation sites (N-methyl/N-ethyl adjacent to an activating group) is 1. The minimum Gasteiger partial charge on any atom is -0.351 e. The van der Waals surface area contributed by atoms with Crippen LogP contribution >= 0.6 is 0 Å². The predicted molar refractivity (Wildman–Crippen MR) is 74.5 cm³/mol. The van der Waals surface area contributed by atoms with Crippen LogP contribution in [0, 0.1) is 5.92 Å². The molecule has 1 fully saturated rings. The van der Waals surface area contributed by atoms with Gasteiger partial charge in [-0.3, -0.25) is 0 Å². The molecular weight excluding hydrogens is 228 g/mol. The van der Waals surface area contributed by atoms with E-state index in [0.717, 1.165) is 32.5 Å². The first-order chi connectivity index (χ1) is 8.41. The van der Waals surface area contributed by atoms with Gasteiger partial charge in [0.2, 0.25) is 0 Å². The van der Waals surface area contributed by atoms with Crippen LogP contribution in [-0.4, -0.2) is 61.6 Å². The van der Waals surface area contributed by atoms with E-state index < -0.39 is 0 Å². The lowest BCUT2D eigenvalue weighted by molar-refractivity contribution is 0.175. The first-order valence-corrected chi connectivity index (χ1v) is 6.86. The zero-order chi connectivity index (χ0) is 13.7. The Labute approximate surface area is 111 Å². The van der Waals surface area contributed by atoms with E-state index in [1.807, 2.05) is 0 Å². The van der Waals surface area contributed by atoms with E-state index >= 15 is 0 Å². The molecule has 1 aliphatic rings. The van der Waals surface area contributed by atoms with E-state index in [4.69, 9.17) is 5.73 Å². The van der Waals surface area contributed by atoms with Crippen molar-refractivity contribution in [3.05, 3.63) is 0 Å². The molecule has 1 unspecified atom stereocenters. The highest BCUT2D eigenvalue weighted by Crippen LogP contribution is 2.12. The molecule has 0 spiro atoms. The number of piperidine rings is 1. The van der Waals surface area contributed by atoms with Crippen LogP contribution in [0.5, 0.6) is 0 Å². The van der Waals surface area contributed by atoms with Crippen LogP contribution in [-0.2, 0) is 0 Å². The summed E-state index contributed by atoms with van der Waals surface area (Å²) in [5.41, 5.74) is 5.27. The summed E-state index contributed by atoms with van der Waals surface area (Å²) < 4.78 is 0. The van der Waals surface area contributed by atoms with Gasteiger partial charge in [-0.1, -0.05) is 13.8 Å². The Bertz CT molecular complexity index is 252. The number of amides is 2. The second kappa shape index (κ2) is 6.95. The predicted octanol–water partition coefficient (Wildman–Crippen LogP) is 0.705. The quantitative estimate of drug-likeness (QED) is 0.761. The average molecular weight is 256 g/mol. The van der Waals surface area contributed by atoms with Gasteiger partial charge in [0.1, 0.15) is 0 Å². The van der Waals surface area contributed by atoms with Crippen molar-refractivity contribution < 1.29 is 4.79 Å². The maximum atomic E-state index is 11.0. The molecule has 1 atom stereocenters. The molecule has 5 heteroatoms. The zero-order valence-electron chi connectivity index (χ0n) is 12.1. The molecule has 0 aromatic heterocycles. The third kappa shape index (κ3) is 4.46. The highest BCUT2D eigenvalue weighted by molar-refractivity contribution is 5.72. The smallest absolute Gasteiger partial charge is 0.314 e. The molecule has 18 heavy (non-hydrogen) atoms. The van der Waals surface area contributed by atoms with Gasteiger partial charge in [0.15, 0.2) is 0 Å². The summed E-state index contributed by atoms with van der Waals surface area (Å²) in [5.74, 6) is 0.637. The highest BCUT2D eigenvalue weighted by Gasteiger charge is 2.22. The van der Waals surface area contributed by atoms with Crippen LogP contribution in [0.3, 0.4) is 0 Å². The van der Waals surface area contributed by atoms with E-state index in [0.29, 0.717) is 18.0 Å². The normalized spacial score (nSPS) is 19.6. The monoisotopic (exact) mass is 256 g/mol. The van der Waals surface area contributed by atoms with Gasteiger partial charge in [-0.15, -0.1) is 0 Å². The second-order valence-electron chi connectivity index (χ2n) is 5.78. The van der Waals surface area contributed by atoms with Gasteiger partial charge in [0.05, 0.1) is 0 Å². The van der Waals surface area contributed by atoms with Crippen molar-refractivity contribution in [3.63, 3.8) is 0 Å². The van der Waals surface area contributed by atoms with Crippen molar-refractivity contribution in [2.24, 2.45) is 11.7 Å². The van der Waals surface area contributed by atoms with Crippen molar-refractivity contribution in [1.82, 2.24) is 15.1 Å². The Hall–Kier alpha value is -0.810. The van der Waals surface area contributed by atoms with E-state index in [2.05, 4.69) is 38.2 Å². The lowest BCUT2D eigenvalue weighted by Gasteiger charge is -2.34. The van der Waals surface area contributed by atoms with E-state index in [1.54, 1.807) is 4.90 Å². The summed E-state index contributed by atoms with van der Waals surface area (Å²) in [6, 6.07) is 0.780. The topological polar surface area (TPSA) is 61.6 Å². The fraction of sp³-hybridized carbons (Fsp3) is 0.923. The summed E-state index contributed by atoms with van der Waals surface area (Å²) in [6.45, 7) is 7.07. The van der Waals surface area contributed by atoms with Gasteiger partial charge in [-0.05, 0) is 32.9 Å². The Balaban J connectivity index is 2.30. The minimum atomic E-state index is -0.290. The third-order valence-corrected chi connectivity index (χ3v) is 3.86. The van der Waals surface area contributed by atoms with Crippen LogP contribution in [0.4, 0.5) is 4.79 Å². The number of carbonyl (C=O) groups excluding carboxylic acids is 1. The number of likely N-dealkylation sites (tertiary alicyclic amines) is 1. The third-order valence-electron chi connectivity index (χ3n) is 3.86. The van der Waals surface area contributed by atoms with Crippen molar-refractivity contribution in [1.29, 1.82) is 0 Å². The van der Waals surface area contributed by atoms with Crippen LogP contribution in [0.25, 0.3) is 0 Å². The standard InChI is InChI=1S/C13H28N4O/c1-10(2)12(16(3)4)9-15-11-5-7-17(8-6-11)13(14)18/h10-12,15H,5-9H2,1-4H3,(H2,14,18). The van der Waals surface area contributed by atoms with Crippen molar-refractivity contribution in [3.8, 4) is 0 Å². The zero-order valence-corrected chi connectivity index (χ0v) is 12.1. The number of hydrogen-bond donors (Lipinski definition) is 2. The fourth-order valence-corrected chi connectivity index (χ4v) is 2.61. The van der Waals surface area contributed by atoms with E-state index in [1.165, 1.54) is 0 Å². The molecule has 0 bridgehead atoms. The molecule has 1 heterocycles. The SMILES string of the molecule is CC(C)C(CNC1CCN(C(N)=O)CC1)N(C)C. The second-order valence-corrected chi connectivity index (χ2v) is 5.78. The summed E-state index contributed by atoms with van der Waals surface area (Å²) in [7, 11) is 4.25. The molecule has 1 rings (SSSR count). The maximum Gasteiger partial charge on any atom is 0.314 e. The summed E-state index contributed by atoms with van der Waals surface area (Å²) >= 11 is 0. The average Bonchev–Trinajstić information content (AvgIpc) is 2.28. The van der Waals surface area contributed by atoms with Gasteiger partial charge in [0, 0.05) is 31.7 Å². The molecular formula is C13H28N4O. The molecule has 1 aliphatic heterocycles. The summed E-state index contributed by atoms with van der Waals surface area (Å²) in [5, 5.41) is 3.62. The molecule has 0 saturated carbocycles. The molecule has 106 valence electrons.